The van der Waals surface area contributed by atoms with Gasteiger partial charge >= 0.3 is 0 Å². The SMILES string of the molecule is CC(=O)N(CC(=O)N1CCN(C(=O)c2ccco2)CC1)c1ccccc1C#N. The summed E-state index contributed by atoms with van der Waals surface area (Å²) in [5.41, 5.74) is 0.747. The molecule has 0 atom stereocenters. The average Bonchev–Trinajstić information content (AvgIpc) is 3.26. The summed E-state index contributed by atoms with van der Waals surface area (Å²) in [4.78, 5) is 41.7. The van der Waals surface area contributed by atoms with Gasteiger partial charge < -0.3 is 19.1 Å². The van der Waals surface area contributed by atoms with Crippen molar-refractivity contribution in [3.05, 3.63) is 54.0 Å². The van der Waals surface area contributed by atoms with Crippen LogP contribution in [0, 0.1) is 11.3 Å². The van der Waals surface area contributed by atoms with Crippen LogP contribution >= 0.6 is 0 Å². The van der Waals surface area contributed by atoms with Gasteiger partial charge in [-0.2, -0.15) is 5.26 Å². The van der Waals surface area contributed by atoms with Crippen LogP contribution in [-0.2, 0) is 9.59 Å². The summed E-state index contributed by atoms with van der Waals surface area (Å²) in [6, 6.07) is 12.0. The minimum absolute atomic E-state index is 0.153. The number of rotatable bonds is 4. The molecule has 0 N–H and O–H groups in total. The molecule has 2 heterocycles. The molecule has 3 amide bonds. The fourth-order valence-electron chi connectivity index (χ4n) is 3.12. The Bertz CT molecular complexity index is 909. The molecule has 0 spiro atoms. The Morgan fingerprint density at radius 1 is 1.07 bits per heavy atom. The van der Waals surface area contributed by atoms with E-state index >= 15 is 0 Å². The number of nitrogens with zero attached hydrogens (tertiary/aromatic N) is 4. The highest BCUT2D eigenvalue weighted by Gasteiger charge is 2.28. The molecule has 0 aliphatic carbocycles. The van der Waals surface area contributed by atoms with Crippen LogP contribution in [0.25, 0.3) is 0 Å². The van der Waals surface area contributed by atoms with Crippen LogP contribution in [-0.4, -0.2) is 60.2 Å². The van der Waals surface area contributed by atoms with E-state index in [1.807, 2.05) is 6.07 Å². The molecule has 1 aliphatic heterocycles. The Kier molecular flexibility index (Phi) is 5.75. The van der Waals surface area contributed by atoms with E-state index in [9.17, 15) is 19.6 Å². The van der Waals surface area contributed by atoms with Crippen molar-refractivity contribution in [1.29, 1.82) is 5.26 Å². The second-order valence-corrected chi connectivity index (χ2v) is 6.38. The van der Waals surface area contributed by atoms with Crippen LogP contribution in [0.1, 0.15) is 23.0 Å². The molecule has 8 heteroatoms. The van der Waals surface area contributed by atoms with E-state index in [1.54, 1.807) is 46.2 Å². The number of amides is 3. The molecule has 0 unspecified atom stereocenters. The number of furan rings is 1. The van der Waals surface area contributed by atoms with E-state index in [-0.39, 0.29) is 30.0 Å². The van der Waals surface area contributed by atoms with Gasteiger partial charge in [0.25, 0.3) is 5.91 Å². The third-order valence-corrected chi connectivity index (χ3v) is 4.64. The first-order valence-corrected chi connectivity index (χ1v) is 8.89. The molecular weight excluding hydrogens is 360 g/mol. The van der Waals surface area contributed by atoms with Crippen molar-refractivity contribution >= 4 is 23.4 Å². The zero-order valence-corrected chi connectivity index (χ0v) is 15.5. The number of piperazine rings is 1. The predicted octanol–water partition coefficient (Wildman–Crippen LogP) is 1.49. The maximum absolute atomic E-state index is 12.7. The fraction of sp³-hybridized carbons (Fsp3) is 0.300. The van der Waals surface area contributed by atoms with Crippen molar-refractivity contribution in [2.75, 3.05) is 37.6 Å². The van der Waals surface area contributed by atoms with Crippen LogP contribution in [0.4, 0.5) is 5.69 Å². The maximum atomic E-state index is 12.7. The monoisotopic (exact) mass is 380 g/mol. The standard InChI is InChI=1S/C20H20N4O4/c1-15(25)24(17-6-3-2-5-16(17)13-21)14-19(26)22-8-10-23(11-9-22)20(27)18-7-4-12-28-18/h2-7,12H,8-11,14H2,1H3. The zero-order valence-electron chi connectivity index (χ0n) is 15.5. The molecule has 8 nitrogen and oxygen atoms in total. The van der Waals surface area contributed by atoms with Crippen LogP contribution in [0.5, 0.6) is 0 Å². The summed E-state index contributed by atoms with van der Waals surface area (Å²) in [5, 5.41) is 9.26. The zero-order chi connectivity index (χ0) is 20.1. The summed E-state index contributed by atoms with van der Waals surface area (Å²) in [6.45, 7) is 2.73. The lowest BCUT2D eigenvalue weighted by molar-refractivity contribution is -0.132. The Morgan fingerprint density at radius 2 is 1.75 bits per heavy atom. The van der Waals surface area contributed by atoms with Crippen molar-refractivity contribution < 1.29 is 18.8 Å². The van der Waals surface area contributed by atoms with Gasteiger partial charge in [-0.05, 0) is 24.3 Å². The Morgan fingerprint density at radius 3 is 2.36 bits per heavy atom. The second kappa shape index (κ2) is 8.39. The minimum Gasteiger partial charge on any atom is -0.459 e. The van der Waals surface area contributed by atoms with Crippen LogP contribution in [0.3, 0.4) is 0 Å². The number of para-hydroxylation sites is 1. The van der Waals surface area contributed by atoms with Crippen molar-refractivity contribution in [2.24, 2.45) is 0 Å². The molecular formula is C20H20N4O4. The van der Waals surface area contributed by atoms with Crippen LogP contribution in [0.15, 0.2) is 47.1 Å². The van der Waals surface area contributed by atoms with Crippen LogP contribution < -0.4 is 4.90 Å². The molecule has 2 aromatic rings. The minimum atomic E-state index is -0.317. The highest BCUT2D eigenvalue weighted by atomic mass is 16.3. The number of carbonyl (C=O) groups excluding carboxylic acids is 3. The van der Waals surface area contributed by atoms with Gasteiger partial charge in [0.15, 0.2) is 5.76 Å². The van der Waals surface area contributed by atoms with E-state index < -0.39 is 0 Å². The van der Waals surface area contributed by atoms with Gasteiger partial charge in [0.05, 0.1) is 17.5 Å². The number of hydrogen-bond acceptors (Lipinski definition) is 5. The van der Waals surface area contributed by atoms with Gasteiger partial charge in [-0.25, -0.2) is 0 Å². The first-order valence-electron chi connectivity index (χ1n) is 8.89. The lowest BCUT2D eigenvalue weighted by atomic mass is 10.1. The molecule has 0 saturated carbocycles. The van der Waals surface area contributed by atoms with Gasteiger partial charge in [0.2, 0.25) is 11.8 Å². The van der Waals surface area contributed by atoms with Crippen molar-refractivity contribution in [1.82, 2.24) is 9.80 Å². The summed E-state index contributed by atoms with van der Waals surface area (Å²) >= 11 is 0. The molecule has 144 valence electrons. The van der Waals surface area contributed by atoms with Crippen molar-refractivity contribution in [3.63, 3.8) is 0 Å². The fourth-order valence-corrected chi connectivity index (χ4v) is 3.12. The van der Waals surface area contributed by atoms with Crippen LogP contribution in [0.2, 0.25) is 0 Å². The van der Waals surface area contributed by atoms with Crippen molar-refractivity contribution in [2.45, 2.75) is 6.92 Å². The number of anilines is 1. The van der Waals surface area contributed by atoms with E-state index in [4.69, 9.17) is 4.42 Å². The quantitative estimate of drug-likeness (QED) is 0.800. The lowest BCUT2D eigenvalue weighted by Crippen LogP contribution is -2.53. The van der Waals surface area contributed by atoms with E-state index in [2.05, 4.69) is 0 Å². The molecule has 1 aliphatic rings. The van der Waals surface area contributed by atoms with Gasteiger partial charge in [-0.3, -0.25) is 14.4 Å². The summed E-state index contributed by atoms with van der Waals surface area (Å²) < 4.78 is 5.13. The average molecular weight is 380 g/mol. The summed E-state index contributed by atoms with van der Waals surface area (Å²) in [5.74, 6) is -0.475. The Labute approximate surface area is 162 Å². The molecule has 1 aromatic carbocycles. The van der Waals surface area contributed by atoms with E-state index in [1.165, 1.54) is 18.1 Å². The van der Waals surface area contributed by atoms with Gasteiger partial charge in [0.1, 0.15) is 12.6 Å². The topological polar surface area (TPSA) is 97.9 Å². The number of hydrogen-bond donors (Lipinski definition) is 0. The Hall–Kier alpha value is -3.60. The number of nitriles is 1. The summed E-state index contributed by atoms with van der Waals surface area (Å²) in [7, 11) is 0. The highest BCUT2D eigenvalue weighted by Crippen LogP contribution is 2.20. The first-order chi connectivity index (χ1) is 13.5. The second-order valence-electron chi connectivity index (χ2n) is 6.38. The van der Waals surface area contributed by atoms with Crippen molar-refractivity contribution in [3.8, 4) is 6.07 Å². The molecule has 1 fully saturated rings. The maximum Gasteiger partial charge on any atom is 0.289 e. The molecule has 28 heavy (non-hydrogen) atoms. The molecule has 1 saturated heterocycles. The van der Waals surface area contributed by atoms with E-state index in [0.717, 1.165) is 0 Å². The smallest absolute Gasteiger partial charge is 0.289 e. The lowest BCUT2D eigenvalue weighted by Gasteiger charge is -2.35. The predicted molar refractivity (Wildman–Crippen MR) is 100 cm³/mol. The molecule has 1 aromatic heterocycles. The first kappa shape index (κ1) is 19.2. The van der Waals surface area contributed by atoms with Gasteiger partial charge in [-0.15, -0.1) is 0 Å². The molecule has 3 rings (SSSR count). The molecule has 0 radical (unpaired) electrons. The number of benzene rings is 1. The van der Waals surface area contributed by atoms with E-state index in [0.29, 0.717) is 37.4 Å². The summed E-state index contributed by atoms with van der Waals surface area (Å²) in [6.07, 6.45) is 1.45. The van der Waals surface area contributed by atoms with Gasteiger partial charge in [0, 0.05) is 33.1 Å². The Balaban J connectivity index is 1.63. The number of carbonyl (C=O) groups is 3. The third kappa shape index (κ3) is 4.04. The molecule has 0 bridgehead atoms. The third-order valence-electron chi connectivity index (χ3n) is 4.64. The highest BCUT2D eigenvalue weighted by molar-refractivity contribution is 5.98. The normalized spacial score (nSPS) is 13.7. The largest absolute Gasteiger partial charge is 0.459 e. The van der Waals surface area contributed by atoms with Gasteiger partial charge in [-0.1, -0.05) is 12.1 Å².